The topological polar surface area (TPSA) is 69.2 Å². The third-order valence-corrected chi connectivity index (χ3v) is 4.44. The van der Waals surface area contributed by atoms with E-state index < -0.39 is 5.97 Å². The van der Waals surface area contributed by atoms with Gasteiger partial charge in [-0.15, -0.1) is 0 Å². The standard InChI is InChI=1S/C19H26N2O3/c1-13(2)10-17(11-18(22)23)19-20(14(3)15(4)21(19)24)12-16-8-6-5-7-9-16/h5-9,13,17H,10-12H2,1-4H3,(H,22,23). The van der Waals surface area contributed by atoms with E-state index in [1.54, 1.807) is 6.92 Å². The van der Waals surface area contributed by atoms with Gasteiger partial charge in [-0.1, -0.05) is 44.2 Å². The van der Waals surface area contributed by atoms with E-state index in [2.05, 4.69) is 0 Å². The van der Waals surface area contributed by atoms with Crippen molar-refractivity contribution in [3.05, 3.63) is 58.3 Å². The van der Waals surface area contributed by atoms with Crippen LogP contribution in [0.15, 0.2) is 30.3 Å². The van der Waals surface area contributed by atoms with Crippen LogP contribution in [0.4, 0.5) is 0 Å². The summed E-state index contributed by atoms with van der Waals surface area (Å²) in [7, 11) is 0. The summed E-state index contributed by atoms with van der Waals surface area (Å²) in [5.41, 5.74) is 2.62. The Balaban J connectivity index is 2.50. The van der Waals surface area contributed by atoms with E-state index in [9.17, 15) is 15.1 Å². The number of aromatic nitrogens is 2. The molecule has 0 aliphatic heterocycles. The maximum Gasteiger partial charge on any atom is 0.304 e. The first-order chi connectivity index (χ1) is 11.3. The summed E-state index contributed by atoms with van der Waals surface area (Å²) < 4.78 is 2.90. The summed E-state index contributed by atoms with van der Waals surface area (Å²) >= 11 is 0. The van der Waals surface area contributed by atoms with Crippen molar-refractivity contribution < 1.29 is 14.6 Å². The number of rotatable bonds is 7. The fraction of sp³-hybridized carbons (Fsp3) is 0.474. The van der Waals surface area contributed by atoms with Crippen LogP contribution >= 0.6 is 0 Å². The van der Waals surface area contributed by atoms with Crippen molar-refractivity contribution in [1.29, 1.82) is 0 Å². The zero-order valence-corrected chi connectivity index (χ0v) is 14.8. The average molecular weight is 330 g/mol. The Bertz CT molecular complexity index is 705. The minimum Gasteiger partial charge on any atom is -0.711 e. The number of carboxylic acids is 1. The van der Waals surface area contributed by atoms with Crippen LogP contribution in [-0.2, 0) is 11.3 Å². The second-order valence-electron chi connectivity index (χ2n) is 6.82. The van der Waals surface area contributed by atoms with Crippen LogP contribution in [0.25, 0.3) is 0 Å². The van der Waals surface area contributed by atoms with Crippen molar-refractivity contribution in [1.82, 2.24) is 4.57 Å². The molecule has 5 nitrogen and oxygen atoms in total. The summed E-state index contributed by atoms with van der Waals surface area (Å²) in [6.45, 7) is 8.39. The van der Waals surface area contributed by atoms with Gasteiger partial charge >= 0.3 is 5.97 Å². The van der Waals surface area contributed by atoms with Gasteiger partial charge in [-0.25, -0.2) is 9.30 Å². The lowest BCUT2D eigenvalue weighted by Crippen LogP contribution is -2.36. The second-order valence-corrected chi connectivity index (χ2v) is 6.82. The molecule has 1 N–H and O–H groups in total. The molecule has 0 fully saturated rings. The predicted octanol–water partition coefficient (Wildman–Crippen LogP) is 3.39. The van der Waals surface area contributed by atoms with Crippen LogP contribution in [0.5, 0.6) is 0 Å². The van der Waals surface area contributed by atoms with E-state index in [4.69, 9.17) is 0 Å². The largest absolute Gasteiger partial charge is 0.711 e. The summed E-state index contributed by atoms with van der Waals surface area (Å²) in [5.74, 6) is -0.292. The van der Waals surface area contributed by atoms with Crippen molar-refractivity contribution in [2.45, 2.75) is 53.0 Å². The molecule has 1 aromatic heterocycles. The van der Waals surface area contributed by atoms with E-state index in [1.165, 1.54) is 0 Å². The zero-order chi connectivity index (χ0) is 17.9. The second kappa shape index (κ2) is 7.51. The Hall–Kier alpha value is -2.30. The molecule has 1 aromatic carbocycles. The van der Waals surface area contributed by atoms with Gasteiger partial charge in [0, 0.05) is 13.8 Å². The predicted molar refractivity (Wildman–Crippen MR) is 92.9 cm³/mol. The van der Waals surface area contributed by atoms with Crippen LogP contribution in [-0.4, -0.2) is 15.6 Å². The van der Waals surface area contributed by atoms with Crippen molar-refractivity contribution in [2.24, 2.45) is 5.92 Å². The Labute approximate surface area is 143 Å². The Morgan fingerprint density at radius 2 is 1.88 bits per heavy atom. The van der Waals surface area contributed by atoms with Gasteiger partial charge in [-0.3, -0.25) is 4.79 Å². The average Bonchev–Trinajstić information content (AvgIpc) is 2.71. The number of hydrogen-bond donors (Lipinski definition) is 1. The fourth-order valence-corrected chi connectivity index (χ4v) is 3.21. The molecule has 24 heavy (non-hydrogen) atoms. The highest BCUT2D eigenvalue weighted by atomic mass is 16.5. The van der Waals surface area contributed by atoms with E-state index in [1.807, 2.05) is 55.7 Å². The molecular formula is C19H26N2O3. The molecule has 1 heterocycles. The maximum absolute atomic E-state index is 12.7. The van der Waals surface area contributed by atoms with Gasteiger partial charge in [-0.05, 0) is 17.9 Å². The van der Waals surface area contributed by atoms with Crippen molar-refractivity contribution in [3.8, 4) is 0 Å². The molecular weight excluding hydrogens is 304 g/mol. The molecule has 0 aliphatic rings. The number of imidazole rings is 1. The lowest BCUT2D eigenvalue weighted by Gasteiger charge is -2.18. The molecule has 2 aromatic rings. The van der Waals surface area contributed by atoms with Gasteiger partial charge in [0.1, 0.15) is 17.9 Å². The Kier molecular flexibility index (Phi) is 5.65. The van der Waals surface area contributed by atoms with Gasteiger partial charge in [0.2, 0.25) is 0 Å². The Morgan fingerprint density at radius 3 is 2.42 bits per heavy atom. The monoisotopic (exact) mass is 330 g/mol. The Morgan fingerprint density at radius 1 is 1.25 bits per heavy atom. The van der Waals surface area contributed by atoms with E-state index >= 15 is 0 Å². The first kappa shape index (κ1) is 18.0. The minimum atomic E-state index is -0.872. The molecule has 5 heteroatoms. The van der Waals surface area contributed by atoms with E-state index in [0.29, 0.717) is 30.4 Å². The summed E-state index contributed by atoms with van der Waals surface area (Å²) in [6.07, 6.45) is 0.643. The lowest BCUT2D eigenvalue weighted by atomic mass is 9.93. The molecule has 0 saturated carbocycles. The van der Waals surface area contributed by atoms with Gasteiger partial charge in [0.25, 0.3) is 5.82 Å². The summed E-state index contributed by atoms with van der Waals surface area (Å²) in [5, 5.41) is 22.0. The molecule has 1 atom stereocenters. The van der Waals surface area contributed by atoms with Crippen molar-refractivity contribution in [2.75, 3.05) is 0 Å². The molecule has 0 amide bonds. The highest BCUT2D eigenvalue weighted by Crippen LogP contribution is 2.28. The first-order valence-corrected chi connectivity index (χ1v) is 8.36. The number of benzene rings is 1. The van der Waals surface area contributed by atoms with Crippen LogP contribution < -0.4 is 4.73 Å². The smallest absolute Gasteiger partial charge is 0.304 e. The van der Waals surface area contributed by atoms with E-state index in [-0.39, 0.29) is 12.3 Å². The first-order valence-electron chi connectivity index (χ1n) is 8.36. The normalized spacial score (nSPS) is 12.5. The van der Waals surface area contributed by atoms with Crippen LogP contribution in [0.3, 0.4) is 0 Å². The van der Waals surface area contributed by atoms with Crippen LogP contribution in [0.1, 0.15) is 55.4 Å². The quantitative estimate of drug-likeness (QED) is 0.625. The highest BCUT2D eigenvalue weighted by Gasteiger charge is 2.31. The molecule has 0 radical (unpaired) electrons. The summed E-state index contributed by atoms with van der Waals surface area (Å²) in [4.78, 5) is 11.3. The van der Waals surface area contributed by atoms with Crippen LogP contribution in [0.2, 0.25) is 0 Å². The summed E-state index contributed by atoms with van der Waals surface area (Å²) in [6, 6.07) is 9.92. The minimum absolute atomic E-state index is 0.0297. The van der Waals surface area contributed by atoms with Crippen molar-refractivity contribution >= 4 is 5.97 Å². The van der Waals surface area contributed by atoms with Gasteiger partial charge < -0.3 is 10.3 Å². The van der Waals surface area contributed by atoms with Gasteiger partial charge in [-0.2, -0.15) is 0 Å². The molecule has 0 bridgehead atoms. The third kappa shape index (κ3) is 3.96. The molecule has 130 valence electrons. The number of hydrogen-bond acceptors (Lipinski definition) is 2. The third-order valence-electron chi connectivity index (χ3n) is 4.44. The highest BCUT2D eigenvalue weighted by molar-refractivity contribution is 5.67. The fourth-order valence-electron chi connectivity index (χ4n) is 3.21. The molecule has 2 rings (SSSR count). The molecule has 0 aliphatic carbocycles. The number of carbonyl (C=O) groups is 1. The number of carboxylic acid groups (broad SMARTS) is 1. The molecule has 0 spiro atoms. The van der Waals surface area contributed by atoms with Gasteiger partial charge in [0.05, 0.1) is 12.3 Å². The molecule has 1 unspecified atom stereocenters. The molecule has 0 saturated heterocycles. The maximum atomic E-state index is 12.7. The van der Waals surface area contributed by atoms with Crippen molar-refractivity contribution in [3.63, 3.8) is 0 Å². The number of aliphatic carboxylic acids is 1. The lowest BCUT2D eigenvalue weighted by molar-refractivity contribution is -0.622. The zero-order valence-electron chi connectivity index (χ0n) is 14.8. The van der Waals surface area contributed by atoms with Gasteiger partial charge in [0.15, 0.2) is 0 Å². The SMILES string of the molecule is Cc1c(C)[n+]([O-])c(C(CC(=O)O)CC(C)C)n1Cc1ccccc1. The van der Waals surface area contributed by atoms with Crippen LogP contribution in [0, 0.1) is 25.0 Å². The number of nitrogens with zero attached hydrogens (tertiary/aromatic N) is 2. The van der Waals surface area contributed by atoms with E-state index in [0.717, 1.165) is 16.0 Å².